The Bertz CT molecular complexity index is 3080. The van der Waals surface area contributed by atoms with Crippen LogP contribution in [0.3, 0.4) is 0 Å². The fraction of sp³-hybridized carbons (Fsp3) is 0.0175. The number of hydrogen-bond donors (Lipinski definition) is 0. The lowest BCUT2D eigenvalue weighted by molar-refractivity contribution is 0.769. The van der Waals surface area contributed by atoms with Gasteiger partial charge in [-0.1, -0.05) is 188 Å². The van der Waals surface area contributed by atoms with Crippen molar-refractivity contribution in [2.75, 3.05) is 4.90 Å². The molecule has 0 bridgehead atoms. The first-order valence-electron chi connectivity index (χ1n) is 20.1. The number of benzene rings is 10. The molecule has 1 nitrogen and oxygen atoms in total. The molecule has 11 rings (SSSR count). The van der Waals surface area contributed by atoms with Crippen LogP contribution >= 0.6 is 0 Å². The summed E-state index contributed by atoms with van der Waals surface area (Å²) >= 11 is 0. The molecule has 1 atom stereocenters. The van der Waals surface area contributed by atoms with Gasteiger partial charge in [0.15, 0.2) is 0 Å². The molecular formula is C57H39N. The van der Waals surface area contributed by atoms with E-state index in [9.17, 15) is 0 Å². The Kier molecular flexibility index (Phi) is 8.12. The molecule has 1 aliphatic carbocycles. The quantitative estimate of drug-likeness (QED) is 0.147. The average Bonchev–Trinajstić information content (AvgIpc) is 3.60. The molecule has 272 valence electrons. The molecule has 1 aliphatic rings. The summed E-state index contributed by atoms with van der Waals surface area (Å²) in [7, 11) is 0. The maximum Gasteiger partial charge on any atom is 0.0713 e. The third-order valence-electron chi connectivity index (χ3n) is 12.1. The van der Waals surface area contributed by atoms with E-state index in [1.165, 1.54) is 77.2 Å². The summed E-state index contributed by atoms with van der Waals surface area (Å²) in [6.45, 7) is 0. The third-order valence-corrected chi connectivity index (χ3v) is 12.1. The summed E-state index contributed by atoms with van der Waals surface area (Å²) < 4.78 is 0. The molecule has 1 heteroatoms. The van der Waals surface area contributed by atoms with Gasteiger partial charge >= 0.3 is 0 Å². The van der Waals surface area contributed by atoms with Crippen LogP contribution in [0.1, 0.15) is 22.3 Å². The van der Waals surface area contributed by atoms with Crippen molar-refractivity contribution in [1.82, 2.24) is 0 Å². The lowest BCUT2D eigenvalue weighted by Gasteiger charge is -2.34. The van der Waals surface area contributed by atoms with Crippen molar-refractivity contribution in [3.8, 4) is 33.4 Å². The van der Waals surface area contributed by atoms with Gasteiger partial charge < -0.3 is 4.90 Å². The second-order valence-corrected chi connectivity index (χ2v) is 15.3. The Balaban J connectivity index is 1.08. The molecular weight excluding hydrogens is 699 g/mol. The predicted molar refractivity (Wildman–Crippen MR) is 244 cm³/mol. The standard InChI is InChI=1S/C57H39N/c1-4-14-40(15-5-1)41-28-33-49(34-29-41)58(48-19-8-3-9-20-48)50-35-31-47(32-36-50)57(46-17-6-2-7-18-46)55-23-13-12-22-52(55)53-37-30-45(39-56(53)57)44-27-26-43-25-24-42-16-10-11-21-51(42)54(43)38-44/h1-39H. The van der Waals surface area contributed by atoms with Gasteiger partial charge in [0, 0.05) is 17.1 Å². The van der Waals surface area contributed by atoms with Crippen molar-refractivity contribution in [2.45, 2.75) is 5.41 Å². The van der Waals surface area contributed by atoms with Crippen LogP contribution in [0.4, 0.5) is 17.1 Å². The van der Waals surface area contributed by atoms with E-state index < -0.39 is 5.41 Å². The topological polar surface area (TPSA) is 3.24 Å². The smallest absolute Gasteiger partial charge is 0.0713 e. The number of fused-ring (bicyclic) bond motifs is 6. The minimum absolute atomic E-state index is 0.528. The summed E-state index contributed by atoms with van der Waals surface area (Å²) in [6.07, 6.45) is 0. The Morgan fingerprint density at radius 2 is 0.759 bits per heavy atom. The average molecular weight is 738 g/mol. The number of para-hydroxylation sites is 1. The van der Waals surface area contributed by atoms with Crippen LogP contribution in [0.2, 0.25) is 0 Å². The van der Waals surface area contributed by atoms with E-state index in [2.05, 4.69) is 241 Å². The fourth-order valence-corrected chi connectivity index (χ4v) is 9.44. The van der Waals surface area contributed by atoms with Crippen LogP contribution in [-0.2, 0) is 5.41 Å². The molecule has 0 amide bonds. The molecule has 0 saturated carbocycles. The van der Waals surface area contributed by atoms with Gasteiger partial charge in [-0.25, -0.2) is 0 Å². The van der Waals surface area contributed by atoms with E-state index in [0.29, 0.717) is 0 Å². The number of nitrogens with zero attached hydrogens (tertiary/aromatic N) is 1. The predicted octanol–water partition coefficient (Wildman–Crippen LogP) is 15.2. The molecule has 58 heavy (non-hydrogen) atoms. The summed E-state index contributed by atoms with van der Waals surface area (Å²) in [5.41, 5.74) is 15.3. The first-order chi connectivity index (χ1) is 28.8. The van der Waals surface area contributed by atoms with Crippen LogP contribution in [0, 0.1) is 0 Å². The Labute approximate surface area is 339 Å². The van der Waals surface area contributed by atoms with Crippen molar-refractivity contribution in [2.24, 2.45) is 0 Å². The van der Waals surface area contributed by atoms with Gasteiger partial charge in [0.1, 0.15) is 0 Å². The SMILES string of the molecule is c1ccc(-c2ccc(N(c3ccccc3)c3ccc(C4(c5ccccc5)c5ccccc5-c5ccc(-c6ccc7ccc8ccccc8c7c6)cc54)cc3)cc2)cc1. The van der Waals surface area contributed by atoms with Gasteiger partial charge in [0.2, 0.25) is 0 Å². The number of rotatable bonds is 7. The van der Waals surface area contributed by atoms with Gasteiger partial charge in [-0.3, -0.25) is 0 Å². The molecule has 1 unspecified atom stereocenters. The first kappa shape index (κ1) is 33.8. The number of anilines is 3. The second kappa shape index (κ2) is 13.9. The maximum atomic E-state index is 2.47. The van der Waals surface area contributed by atoms with Gasteiger partial charge in [0.05, 0.1) is 5.41 Å². The Morgan fingerprint density at radius 1 is 0.276 bits per heavy atom. The number of hydrogen-bond acceptors (Lipinski definition) is 1. The Hall–Kier alpha value is -7.48. The third kappa shape index (κ3) is 5.47. The zero-order valence-electron chi connectivity index (χ0n) is 32.0. The summed E-state index contributed by atoms with van der Waals surface area (Å²) in [4.78, 5) is 2.35. The van der Waals surface area contributed by atoms with Crippen LogP contribution < -0.4 is 4.90 Å². The first-order valence-corrected chi connectivity index (χ1v) is 20.1. The van der Waals surface area contributed by atoms with Gasteiger partial charge in [-0.15, -0.1) is 0 Å². The molecule has 0 fully saturated rings. The zero-order valence-corrected chi connectivity index (χ0v) is 32.0. The Morgan fingerprint density at radius 3 is 1.52 bits per heavy atom. The summed E-state index contributed by atoms with van der Waals surface area (Å²) in [5.74, 6) is 0. The van der Waals surface area contributed by atoms with Crippen molar-refractivity contribution in [1.29, 1.82) is 0 Å². The van der Waals surface area contributed by atoms with E-state index in [1.54, 1.807) is 0 Å². The minimum Gasteiger partial charge on any atom is -0.311 e. The monoisotopic (exact) mass is 737 g/mol. The highest BCUT2D eigenvalue weighted by Gasteiger charge is 2.46. The molecule has 10 aromatic carbocycles. The highest BCUT2D eigenvalue weighted by molar-refractivity contribution is 6.08. The van der Waals surface area contributed by atoms with Crippen LogP contribution in [0.25, 0.3) is 54.9 Å². The van der Waals surface area contributed by atoms with E-state index in [4.69, 9.17) is 0 Å². The highest BCUT2D eigenvalue weighted by atomic mass is 15.1. The maximum absolute atomic E-state index is 2.47. The van der Waals surface area contributed by atoms with Crippen LogP contribution in [0.15, 0.2) is 237 Å². The molecule has 0 aromatic heterocycles. The molecule has 10 aromatic rings. The van der Waals surface area contributed by atoms with E-state index >= 15 is 0 Å². The second-order valence-electron chi connectivity index (χ2n) is 15.3. The highest BCUT2D eigenvalue weighted by Crippen LogP contribution is 2.57. The fourth-order valence-electron chi connectivity index (χ4n) is 9.44. The van der Waals surface area contributed by atoms with Crippen molar-refractivity contribution < 1.29 is 0 Å². The van der Waals surface area contributed by atoms with E-state index in [1.807, 2.05) is 0 Å². The summed E-state index contributed by atoms with van der Waals surface area (Å²) in [5, 5.41) is 5.08. The zero-order chi connectivity index (χ0) is 38.5. The summed E-state index contributed by atoms with van der Waals surface area (Å²) in [6, 6.07) is 86.8. The largest absolute Gasteiger partial charge is 0.311 e. The van der Waals surface area contributed by atoms with E-state index in [-0.39, 0.29) is 0 Å². The van der Waals surface area contributed by atoms with Gasteiger partial charge in [-0.05, 0) is 126 Å². The van der Waals surface area contributed by atoms with Crippen molar-refractivity contribution in [3.05, 3.63) is 259 Å². The molecule has 0 aliphatic heterocycles. The normalized spacial score (nSPS) is 14.3. The lowest BCUT2D eigenvalue weighted by Crippen LogP contribution is -2.28. The molecule has 0 N–H and O–H groups in total. The molecule has 0 radical (unpaired) electrons. The van der Waals surface area contributed by atoms with Crippen LogP contribution in [-0.4, -0.2) is 0 Å². The minimum atomic E-state index is -0.528. The molecule has 0 heterocycles. The van der Waals surface area contributed by atoms with E-state index in [0.717, 1.165) is 17.1 Å². The van der Waals surface area contributed by atoms with Gasteiger partial charge in [0.25, 0.3) is 0 Å². The van der Waals surface area contributed by atoms with Gasteiger partial charge in [-0.2, -0.15) is 0 Å². The lowest BCUT2D eigenvalue weighted by atomic mass is 9.67. The van der Waals surface area contributed by atoms with Crippen molar-refractivity contribution >= 4 is 38.6 Å². The molecule has 0 spiro atoms. The van der Waals surface area contributed by atoms with Crippen LogP contribution in [0.5, 0.6) is 0 Å². The van der Waals surface area contributed by atoms with Crippen molar-refractivity contribution in [3.63, 3.8) is 0 Å². The molecule has 0 saturated heterocycles.